The Hall–Kier alpha value is -1.00. The SMILES string of the molecule is CCCCC(CC)COC1CCC(C2NC(c3cccn3C)NC(C3CCC(OCC(CC)CCCC)CC3O)N2)C(O)C1. The molecule has 2 saturated carbocycles. The highest BCUT2D eigenvalue weighted by Crippen LogP contribution is 2.35. The van der Waals surface area contributed by atoms with Gasteiger partial charge in [-0.1, -0.05) is 66.2 Å². The van der Waals surface area contributed by atoms with Gasteiger partial charge in [-0.3, -0.25) is 16.0 Å². The van der Waals surface area contributed by atoms with Gasteiger partial charge in [0.05, 0.1) is 36.7 Å². The summed E-state index contributed by atoms with van der Waals surface area (Å²) < 4.78 is 14.9. The van der Waals surface area contributed by atoms with Crippen LogP contribution in [-0.2, 0) is 16.5 Å². The number of aryl methyl sites for hydroxylation is 1. The van der Waals surface area contributed by atoms with Crippen LogP contribution >= 0.6 is 0 Å². The second-order valence-electron chi connectivity index (χ2n) is 14.3. The van der Waals surface area contributed by atoms with Crippen LogP contribution in [0.3, 0.4) is 0 Å². The fourth-order valence-corrected chi connectivity index (χ4v) is 7.82. The average molecular weight is 619 g/mol. The van der Waals surface area contributed by atoms with Crippen molar-refractivity contribution in [1.29, 1.82) is 0 Å². The molecular weight excluding hydrogens is 552 g/mol. The van der Waals surface area contributed by atoms with Crippen molar-refractivity contribution in [3.63, 3.8) is 0 Å². The molecule has 1 aromatic rings. The van der Waals surface area contributed by atoms with Gasteiger partial charge >= 0.3 is 0 Å². The Morgan fingerprint density at radius 1 is 0.773 bits per heavy atom. The van der Waals surface area contributed by atoms with Gasteiger partial charge < -0.3 is 24.3 Å². The number of hydrogen-bond acceptors (Lipinski definition) is 7. The Morgan fingerprint density at radius 2 is 1.27 bits per heavy atom. The van der Waals surface area contributed by atoms with Gasteiger partial charge in [-0.2, -0.15) is 0 Å². The van der Waals surface area contributed by atoms with Crippen LogP contribution in [0.2, 0.25) is 0 Å². The number of aromatic nitrogens is 1. The minimum atomic E-state index is -0.435. The molecule has 4 rings (SSSR count). The first-order chi connectivity index (χ1) is 21.4. The molecule has 44 heavy (non-hydrogen) atoms. The van der Waals surface area contributed by atoms with Gasteiger partial charge in [0, 0.05) is 44.0 Å². The second-order valence-corrected chi connectivity index (χ2v) is 14.3. The predicted octanol–water partition coefficient (Wildman–Crippen LogP) is 5.98. The molecule has 0 aromatic carbocycles. The fourth-order valence-electron chi connectivity index (χ4n) is 7.82. The van der Waals surface area contributed by atoms with Crippen LogP contribution in [0.25, 0.3) is 0 Å². The zero-order chi connectivity index (χ0) is 31.5. The van der Waals surface area contributed by atoms with Crippen molar-refractivity contribution in [2.24, 2.45) is 30.7 Å². The molecule has 0 amide bonds. The Labute approximate surface area is 268 Å². The number of hydrogen-bond donors (Lipinski definition) is 5. The molecule has 1 aliphatic heterocycles. The second kappa shape index (κ2) is 18.4. The van der Waals surface area contributed by atoms with Crippen molar-refractivity contribution in [3.8, 4) is 0 Å². The third-order valence-corrected chi connectivity index (χ3v) is 11.1. The first-order valence-corrected chi connectivity index (χ1v) is 18.3. The van der Waals surface area contributed by atoms with Crippen LogP contribution in [0.4, 0.5) is 0 Å². The fraction of sp³-hybridized carbons (Fsp3) is 0.889. The van der Waals surface area contributed by atoms with Gasteiger partial charge in [0.2, 0.25) is 0 Å². The lowest BCUT2D eigenvalue weighted by Gasteiger charge is -2.49. The number of nitrogens with zero attached hydrogens (tertiary/aromatic N) is 1. The zero-order valence-electron chi connectivity index (χ0n) is 28.6. The van der Waals surface area contributed by atoms with Gasteiger partial charge in [0.15, 0.2) is 0 Å². The molecule has 2 aliphatic carbocycles. The lowest BCUT2D eigenvalue weighted by molar-refractivity contribution is -0.0806. The summed E-state index contributed by atoms with van der Waals surface area (Å²) >= 11 is 0. The number of aliphatic hydroxyl groups is 2. The van der Waals surface area contributed by atoms with E-state index in [-0.39, 0.29) is 42.5 Å². The minimum Gasteiger partial charge on any atom is -0.393 e. The van der Waals surface area contributed by atoms with Crippen LogP contribution in [0.15, 0.2) is 18.3 Å². The normalized spacial score (nSPS) is 34.6. The van der Waals surface area contributed by atoms with E-state index < -0.39 is 12.2 Å². The number of unbranched alkanes of at least 4 members (excludes halogenated alkanes) is 2. The molecule has 1 aromatic heterocycles. The van der Waals surface area contributed by atoms with E-state index in [0.717, 1.165) is 57.4 Å². The molecule has 5 N–H and O–H groups in total. The van der Waals surface area contributed by atoms with E-state index in [2.05, 4.69) is 73.6 Å². The molecule has 254 valence electrons. The highest BCUT2D eigenvalue weighted by atomic mass is 16.5. The van der Waals surface area contributed by atoms with Crippen molar-refractivity contribution >= 4 is 0 Å². The van der Waals surface area contributed by atoms with Crippen LogP contribution in [0.1, 0.15) is 129 Å². The Bertz CT molecular complexity index is 878. The zero-order valence-corrected chi connectivity index (χ0v) is 28.6. The summed E-state index contributed by atoms with van der Waals surface area (Å²) in [6.45, 7) is 10.6. The van der Waals surface area contributed by atoms with Crippen molar-refractivity contribution in [1.82, 2.24) is 20.5 Å². The summed E-state index contributed by atoms with van der Waals surface area (Å²) in [7, 11) is 2.08. The molecule has 3 aliphatic rings. The van der Waals surface area contributed by atoms with E-state index in [0.29, 0.717) is 24.7 Å². The molecule has 0 radical (unpaired) electrons. The maximum atomic E-state index is 11.4. The molecule has 10 unspecified atom stereocenters. The standard InChI is InChI=1S/C36H66N4O4/c1-6-10-13-25(8-3)23-43-27-16-18-29(32(41)21-27)34-37-35(39-36(38-34)31-15-12-20-40(31)5)30-19-17-28(22-33(30)42)44-24-26(9-4)14-11-7-2/h12,15,20,25-30,32-39,41-42H,6-11,13-14,16-19,21-24H2,1-5H3. The predicted molar refractivity (Wildman–Crippen MR) is 178 cm³/mol. The van der Waals surface area contributed by atoms with E-state index in [9.17, 15) is 10.2 Å². The van der Waals surface area contributed by atoms with E-state index in [1.807, 2.05) is 0 Å². The molecule has 10 atom stereocenters. The maximum Gasteiger partial charge on any atom is 0.101 e. The van der Waals surface area contributed by atoms with Crippen molar-refractivity contribution in [2.45, 2.75) is 160 Å². The summed E-state index contributed by atoms with van der Waals surface area (Å²) in [5.74, 6) is 1.39. The number of rotatable bonds is 17. The summed E-state index contributed by atoms with van der Waals surface area (Å²) in [6.07, 6.45) is 16.2. The summed E-state index contributed by atoms with van der Waals surface area (Å²) in [4.78, 5) is 0. The molecule has 2 heterocycles. The van der Waals surface area contributed by atoms with Crippen LogP contribution in [0, 0.1) is 23.7 Å². The van der Waals surface area contributed by atoms with E-state index in [4.69, 9.17) is 9.47 Å². The van der Waals surface area contributed by atoms with Gasteiger partial charge in [0.25, 0.3) is 0 Å². The van der Waals surface area contributed by atoms with E-state index in [1.165, 1.54) is 38.5 Å². The first-order valence-electron chi connectivity index (χ1n) is 18.3. The summed E-state index contributed by atoms with van der Waals surface area (Å²) in [5.41, 5.74) is 1.16. The highest BCUT2D eigenvalue weighted by molar-refractivity contribution is 5.13. The van der Waals surface area contributed by atoms with Crippen molar-refractivity contribution in [2.75, 3.05) is 13.2 Å². The number of aliphatic hydroxyl groups excluding tert-OH is 2. The Balaban J connectivity index is 1.36. The first kappa shape index (κ1) is 35.8. The average Bonchev–Trinajstić information content (AvgIpc) is 3.47. The molecule has 3 fully saturated rings. The van der Waals surface area contributed by atoms with Gasteiger partial charge in [0.1, 0.15) is 6.17 Å². The lowest BCUT2D eigenvalue weighted by atomic mass is 9.79. The van der Waals surface area contributed by atoms with Crippen molar-refractivity contribution < 1.29 is 19.7 Å². The van der Waals surface area contributed by atoms with Gasteiger partial charge in [-0.15, -0.1) is 0 Å². The van der Waals surface area contributed by atoms with Crippen LogP contribution in [0.5, 0.6) is 0 Å². The van der Waals surface area contributed by atoms with Crippen molar-refractivity contribution in [3.05, 3.63) is 24.0 Å². The number of nitrogens with one attached hydrogen (secondary N) is 3. The largest absolute Gasteiger partial charge is 0.393 e. The third-order valence-electron chi connectivity index (χ3n) is 11.1. The van der Waals surface area contributed by atoms with Crippen LogP contribution < -0.4 is 16.0 Å². The van der Waals surface area contributed by atoms with E-state index >= 15 is 0 Å². The van der Waals surface area contributed by atoms with Gasteiger partial charge in [-0.25, -0.2) is 0 Å². The maximum absolute atomic E-state index is 11.4. The Morgan fingerprint density at radius 3 is 1.66 bits per heavy atom. The molecule has 8 heteroatoms. The Kier molecular flexibility index (Phi) is 15.0. The molecule has 0 bridgehead atoms. The molecule has 0 spiro atoms. The third kappa shape index (κ3) is 10.00. The smallest absolute Gasteiger partial charge is 0.101 e. The van der Waals surface area contributed by atoms with E-state index in [1.54, 1.807) is 0 Å². The monoisotopic (exact) mass is 619 g/mol. The molecular formula is C36H66N4O4. The quantitative estimate of drug-likeness (QED) is 0.146. The molecule has 8 nitrogen and oxygen atoms in total. The molecule has 1 saturated heterocycles. The van der Waals surface area contributed by atoms with Crippen LogP contribution in [-0.4, -0.2) is 64.7 Å². The minimum absolute atomic E-state index is 0.0601. The number of ether oxygens (including phenoxy) is 2. The summed E-state index contributed by atoms with van der Waals surface area (Å²) in [5, 5.41) is 34.3. The van der Waals surface area contributed by atoms with Gasteiger partial charge in [-0.05, 0) is 75.3 Å². The topological polar surface area (TPSA) is 99.9 Å². The summed E-state index contributed by atoms with van der Waals surface area (Å²) in [6, 6.07) is 4.23. The lowest BCUT2D eigenvalue weighted by Crippen LogP contribution is -2.70. The highest BCUT2D eigenvalue weighted by Gasteiger charge is 2.44.